The SMILES string of the molecule is Cc1ccc(-c2cc(C(=O)NC(C)CO)cc(-n3ncnc3[C@H](C)N(C)C)c2)cc1. The molecule has 0 aliphatic heterocycles. The molecule has 0 bridgehead atoms. The highest BCUT2D eigenvalue weighted by Crippen LogP contribution is 2.26. The Hall–Kier alpha value is -3.03. The van der Waals surface area contributed by atoms with Gasteiger partial charge in [0, 0.05) is 11.6 Å². The number of aliphatic hydroxyl groups is 1. The molecule has 30 heavy (non-hydrogen) atoms. The summed E-state index contributed by atoms with van der Waals surface area (Å²) in [6.07, 6.45) is 1.53. The fourth-order valence-electron chi connectivity index (χ4n) is 3.10. The van der Waals surface area contributed by atoms with E-state index in [0.717, 1.165) is 22.6 Å². The van der Waals surface area contributed by atoms with Crippen molar-refractivity contribution in [2.75, 3.05) is 20.7 Å². The van der Waals surface area contributed by atoms with Crippen molar-refractivity contribution >= 4 is 5.91 Å². The molecule has 7 heteroatoms. The van der Waals surface area contributed by atoms with Crippen molar-refractivity contribution in [2.24, 2.45) is 0 Å². The van der Waals surface area contributed by atoms with E-state index < -0.39 is 0 Å². The molecule has 0 aliphatic rings. The van der Waals surface area contributed by atoms with Crippen LogP contribution in [0, 0.1) is 6.92 Å². The highest BCUT2D eigenvalue weighted by molar-refractivity contribution is 5.96. The molecule has 2 atom stereocenters. The number of rotatable bonds is 7. The molecule has 3 aromatic rings. The van der Waals surface area contributed by atoms with E-state index in [4.69, 9.17) is 0 Å². The van der Waals surface area contributed by atoms with Gasteiger partial charge in [0.15, 0.2) is 0 Å². The lowest BCUT2D eigenvalue weighted by Gasteiger charge is -2.20. The molecule has 1 unspecified atom stereocenters. The van der Waals surface area contributed by atoms with Gasteiger partial charge in [0.25, 0.3) is 5.91 Å². The first-order chi connectivity index (χ1) is 14.3. The minimum Gasteiger partial charge on any atom is -0.394 e. The summed E-state index contributed by atoms with van der Waals surface area (Å²) < 4.78 is 1.77. The van der Waals surface area contributed by atoms with Crippen molar-refractivity contribution in [1.29, 1.82) is 0 Å². The minimum atomic E-state index is -0.334. The predicted octanol–water partition coefficient (Wildman–Crippen LogP) is 2.98. The Labute approximate surface area is 177 Å². The Morgan fingerprint density at radius 2 is 1.83 bits per heavy atom. The third-order valence-corrected chi connectivity index (χ3v) is 5.18. The molecule has 0 aliphatic carbocycles. The maximum Gasteiger partial charge on any atom is 0.251 e. The Morgan fingerprint density at radius 3 is 2.47 bits per heavy atom. The first-order valence-corrected chi connectivity index (χ1v) is 10.0. The summed E-state index contributed by atoms with van der Waals surface area (Å²) in [6, 6.07) is 13.6. The van der Waals surface area contributed by atoms with Crippen LogP contribution >= 0.6 is 0 Å². The highest BCUT2D eigenvalue weighted by atomic mass is 16.3. The topological polar surface area (TPSA) is 83.3 Å². The van der Waals surface area contributed by atoms with Crippen LogP contribution in [0.3, 0.4) is 0 Å². The van der Waals surface area contributed by atoms with Crippen LogP contribution in [0.1, 0.15) is 41.6 Å². The van der Waals surface area contributed by atoms with E-state index in [9.17, 15) is 9.90 Å². The van der Waals surface area contributed by atoms with Crippen molar-refractivity contribution in [3.8, 4) is 16.8 Å². The summed E-state index contributed by atoms with van der Waals surface area (Å²) in [5, 5.41) is 16.5. The van der Waals surface area contributed by atoms with Gasteiger partial charge in [0.2, 0.25) is 0 Å². The number of aryl methyl sites for hydroxylation is 1. The number of amides is 1. The van der Waals surface area contributed by atoms with Gasteiger partial charge in [-0.1, -0.05) is 29.8 Å². The molecule has 0 saturated heterocycles. The lowest BCUT2D eigenvalue weighted by molar-refractivity contribution is 0.0922. The lowest BCUT2D eigenvalue weighted by atomic mass is 10.0. The van der Waals surface area contributed by atoms with Gasteiger partial charge in [0.1, 0.15) is 12.2 Å². The second kappa shape index (κ2) is 9.19. The molecule has 3 rings (SSSR count). The van der Waals surface area contributed by atoms with Crippen molar-refractivity contribution in [3.05, 3.63) is 65.7 Å². The highest BCUT2D eigenvalue weighted by Gasteiger charge is 2.19. The number of nitrogens with zero attached hydrogens (tertiary/aromatic N) is 4. The minimum absolute atomic E-state index is 0.0437. The lowest BCUT2D eigenvalue weighted by Crippen LogP contribution is -2.35. The molecular formula is C23H29N5O2. The smallest absolute Gasteiger partial charge is 0.251 e. The predicted molar refractivity (Wildman–Crippen MR) is 118 cm³/mol. The van der Waals surface area contributed by atoms with E-state index in [1.54, 1.807) is 17.7 Å². The molecule has 1 amide bonds. The summed E-state index contributed by atoms with van der Waals surface area (Å²) in [6.45, 7) is 5.74. The second-order valence-electron chi connectivity index (χ2n) is 7.86. The molecule has 1 heterocycles. The number of nitrogens with one attached hydrogen (secondary N) is 1. The van der Waals surface area contributed by atoms with Gasteiger partial charge < -0.3 is 10.4 Å². The summed E-state index contributed by atoms with van der Waals surface area (Å²) in [5.41, 5.74) is 4.35. The Morgan fingerprint density at radius 1 is 1.13 bits per heavy atom. The van der Waals surface area contributed by atoms with Crippen LogP contribution in [-0.2, 0) is 0 Å². The number of aliphatic hydroxyl groups excluding tert-OH is 1. The summed E-state index contributed by atoms with van der Waals surface area (Å²) in [4.78, 5) is 19.3. The molecule has 0 fully saturated rings. The van der Waals surface area contributed by atoms with Crippen molar-refractivity contribution in [3.63, 3.8) is 0 Å². The quantitative estimate of drug-likeness (QED) is 0.629. The number of hydrogen-bond acceptors (Lipinski definition) is 5. The molecule has 2 aromatic carbocycles. The third-order valence-electron chi connectivity index (χ3n) is 5.18. The first-order valence-electron chi connectivity index (χ1n) is 10.0. The van der Waals surface area contributed by atoms with E-state index in [2.05, 4.69) is 27.2 Å². The van der Waals surface area contributed by atoms with Crippen molar-refractivity contribution in [1.82, 2.24) is 25.0 Å². The Balaban J connectivity index is 2.12. The monoisotopic (exact) mass is 407 g/mol. The van der Waals surface area contributed by atoms with E-state index in [1.165, 1.54) is 11.9 Å². The largest absolute Gasteiger partial charge is 0.394 e. The van der Waals surface area contributed by atoms with Crippen molar-refractivity contribution < 1.29 is 9.90 Å². The van der Waals surface area contributed by atoms with E-state index in [0.29, 0.717) is 5.56 Å². The summed E-state index contributed by atoms with van der Waals surface area (Å²) in [7, 11) is 3.98. The van der Waals surface area contributed by atoms with Gasteiger partial charge in [-0.25, -0.2) is 9.67 Å². The van der Waals surface area contributed by atoms with Crippen LogP contribution in [0.5, 0.6) is 0 Å². The van der Waals surface area contributed by atoms with E-state index in [1.807, 2.05) is 57.4 Å². The van der Waals surface area contributed by atoms with Crippen molar-refractivity contribution in [2.45, 2.75) is 32.9 Å². The van der Waals surface area contributed by atoms with Gasteiger partial charge in [-0.05, 0) is 64.2 Å². The molecule has 2 N–H and O–H groups in total. The zero-order valence-electron chi connectivity index (χ0n) is 18.1. The summed E-state index contributed by atoms with van der Waals surface area (Å²) in [5.74, 6) is 0.547. The molecule has 0 saturated carbocycles. The van der Waals surface area contributed by atoms with Gasteiger partial charge in [-0.2, -0.15) is 5.10 Å². The molecule has 1 aromatic heterocycles. The average Bonchev–Trinajstić information content (AvgIpc) is 3.23. The normalized spacial score (nSPS) is 13.3. The Bertz CT molecular complexity index is 1010. The van der Waals surface area contributed by atoms with Gasteiger partial charge in [-0.3, -0.25) is 9.69 Å². The number of benzene rings is 2. The Kier molecular flexibility index (Phi) is 6.64. The maximum absolute atomic E-state index is 12.8. The molecule has 158 valence electrons. The van der Waals surface area contributed by atoms with Gasteiger partial charge in [0.05, 0.1) is 18.3 Å². The van der Waals surface area contributed by atoms with E-state index in [-0.39, 0.29) is 24.6 Å². The third kappa shape index (κ3) is 4.75. The standard InChI is InChI=1S/C23H29N5O2/c1-15-6-8-18(9-7-15)19-10-20(23(30)26-16(2)13-29)12-21(11-19)28-22(24-14-25-28)17(3)27(4)5/h6-12,14,16-17,29H,13H2,1-5H3,(H,26,30)/t16?,17-/m0/s1. The first kappa shape index (κ1) is 21.7. The van der Waals surface area contributed by atoms with Crippen LogP contribution in [-0.4, -0.2) is 57.4 Å². The van der Waals surface area contributed by atoms with Gasteiger partial charge in [-0.15, -0.1) is 0 Å². The van der Waals surface area contributed by atoms with E-state index >= 15 is 0 Å². The van der Waals surface area contributed by atoms with Crippen LogP contribution in [0.15, 0.2) is 48.8 Å². The fourth-order valence-corrected chi connectivity index (χ4v) is 3.10. The van der Waals surface area contributed by atoms with Crippen LogP contribution in [0.25, 0.3) is 16.8 Å². The molecule has 0 radical (unpaired) electrons. The molecule has 7 nitrogen and oxygen atoms in total. The zero-order valence-corrected chi connectivity index (χ0v) is 18.1. The number of carbonyl (C=O) groups is 1. The molecular weight excluding hydrogens is 378 g/mol. The fraction of sp³-hybridized carbons (Fsp3) is 0.348. The van der Waals surface area contributed by atoms with Crippen LogP contribution in [0.2, 0.25) is 0 Å². The average molecular weight is 408 g/mol. The van der Waals surface area contributed by atoms with Crippen LogP contribution < -0.4 is 5.32 Å². The number of aromatic nitrogens is 3. The second-order valence-corrected chi connectivity index (χ2v) is 7.86. The molecule has 0 spiro atoms. The summed E-state index contributed by atoms with van der Waals surface area (Å²) >= 11 is 0. The zero-order chi connectivity index (χ0) is 21.8. The number of carbonyl (C=O) groups excluding carboxylic acids is 1. The maximum atomic E-state index is 12.8. The van der Waals surface area contributed by atoms with Gasteiger partial charge >= 0.3 is 0 Å². The van der Waals surface area contributed by atoms with Crippen LogP contribution in [0.4, 0.5) is 0 Å². The number of hydrogen-bond donors (Lipinski definition) is 2.